The van der Waals surface area contributed by atoms with E-state index in [4.69, 9.17) is 5.73 Å². The molecule has 1 aliphatic rings. The molecule has 3 heterocycles. The Morgan fingerprint density at radius 3 is 2.94 bits per heavy atom. The molecule has 0 amide bonds. The maximum Gasteiger partial charge on any atom is 0.0664 e. The van der Waals surface area contributed by atoms with Gasteiger partial charge in [0.25, 0.3) is 0 Å². The minimum Gasteiger partial charge on any atom is -0.349 e. The molecule has 2 atom stereocenters. The fourth-order valence-corrected chi connectivity index (χ4v) is 2.98. The molecule has 2 unspecified atom stereocenters. The molecule has 3 rings (SSSR count). The Hall–Kier alpha value is -1.39. The van der Waals surface area contributed by atoms with Crippen molar-refractivity contribution in [2.45, 2.75) is 18.4 Å². The Morgan fingerprint density at radius 2 is 2.17 bits per heavy atom. The van der Waals surface area contributed by atoms with Gasteiger partial charge in [0.2, 0.25) is 0 Å². The highest BCUT2D eigenvalue weighted by Crippen LogP contribution is 2.26. The number of hydrogen-bond donors (Lipinski definition) is 1. The number of hydrogen-bond acceptors (Lipinski definition) is 3. The molecule has 0 aromatic carbocycles. The molecule has 2 aromatic heterocycles. The number of likely N-dealkylation sites (tertiary alicyclic amines) is 1. The first-order chi connectivity index (χ1) is 8.63. The van der Waals surface area contributed by atoms with Gasteiger partial charge in [0.05, 0.1) is 11.7 Å². The molecule has 2 N–H and O–H groups in total. The molecule has 96 valence electrons. The van der Waals surface area contributed by atoms with Gasteiger partial charge in [-0.3, -0.25) is 4.98 Å². The standard InChI is InChI=1S/C14H20N4/c1-17-8-11(5-12(15)9-17)13-6-10-3-4-18(2)14(10)7-16-13/h3-4,6-7,11-12H,5,8-9,15H2,1-2H3. The second kappa shape index (κ2) is 4.37. The van der Waals surface area contributed by atoms with E-state index in [2.05, 4.69) is 39.8 Å². The summed E-state index contributed by atoms with van der Waals surface area (Å²) in [4.78, 5) is 6.93. The Kier molecular flexibility index (Phi) is 2.84. The van der Waals surface area contributed by atoms with Crippen LogP contribution in [-0.4, -0.2) is 40.6 Å². The van der Waals surface area contributed by atoms with Crippen LogP contribution in [0.15, 0.2) is 24.5 Å². The molecule has 1 aliphatic heterocycles. The number of fused-ring (bicyclic) bond motifs is 1. The molecule has 0 aliphatic carbocycles. The summed E-state index contributed by atoms with van der Waals surface area (Å²) in [5.74, 6) is 0.461. The van der Waals surface area contributed by atoms with E-state index in [-0.39, 0.29) is 6.04 Å². The van der Waals surface area contributed by atoms with Crippen LogP contribution in [0.1, 0.15) is 18.0 Å². The maximum absolute atomic E-state index is 6.10. The highest BCUT2D eigenvalue weighted by Gasteiger charge is 2.25. The number of nitrogens with zero attached hydrogens (tertiary/aromatic N) is 3. The first-order valence-electron chi connectivity index (χ1n) is 6.48. The van der Waals surface area contributed by atoms with Gasteiger partial charge >= 0.3 is 0 Å². The number of likely N-dealkylation sites (N-methyl/N-ethyl adjacent to an activating group) is 1. The summed E-state index contributed by atoms with van der Waals surface area (Å²) in [5.41, 5.74) is 8.46. The van der Waals surface area contributed by atoms with Crippen LogP contribution in [-0.2, 0) is 7.05 Å². The lowest BCUT2D eigenvalue weighted by molar-refractivity contribution is 0.225. The Morgan fingerprint density at radius 1 is 1.33 bits per heavy atom. The molecule has 18 heavy (non-hydrogen) atoms. The number of nitrogens with two attached hydrogens (primary N) is 1. The van der Waals surface area contributed by atoms with Gasteiger partial charge in [-0.25, -0.2) is 0 Å². The Bertz CT molecular complexity index is 550. The van der Waals surface area contributed by atoms with Crippen LogP contribution in [0.25, 0.3) is 10.9 Å². The fraction of sp³-hybridized carbons (Fsp3) is 0.500. The lowest BCUT2D eigenvalue weighted by Crippen LogP contribution is -2.44. The van der Waals surface area contributed by atoms with Gasteiger partial charge in [-0.1, -0.05) is 0 Å². The second-order valence-electron chi connectivity index (χ2n) is 5.51. The predicted molar refractivity (Wildman–Crippen MR) is 73.5 cm³/mol. The zero-order valence-corrected chi connectivity index (χ0v) is 11.0. The largest absolute Gasteiger partial charge is 0.349 e. The van der Waals surface area contributed by atoms with Crippen molar-refractivity contribution >= 4 is 10.9 Å². The van der Waals surface area contributed by atoms with Gasteiger partial charge in [0, 0.05) is 49.4 Å². The maximum atomic E-state index is 6.10. The van der Waals surface area contributed by atoms with Crippen molar-refractivity contribution in [2.24, 2.45) is 12.8 Å². The summed E-state index contributed by atoms with van der Waals surface area (Å²) in [7, 11) is 4.18. The molecule has 1 saturated heterocycles. The highest BCUT2D eigenvalue weighted by molar-refractivity contribution is 5.79. The second-order valence-corrected chi connectivity index (χ2v) is 5.51. The monoisotopic (exact) mass is 244 g/mol. The van der Waals surface area contributed by atoms with Gasteiger partial charge in [0.1, 0.15) is 0 Å². The number of pyridine rings is 1. The van der Waals surface area contributed by atoms with E-state index < -0.39 is 0 Å². The third kappa shape index (κ3) is 2.02. The summed E-state index contributed by atoms with van der Waals surface area (Å²) >= 11 is 0. The van der Waals surface area contributed by atoms with E-state index >= 15 is 0 Å². The van der Waals surface area contributed by atoms with Gasteiger partial charge in [0.15, 0.2) is 0 Å². The Labute approximate surface area is 107 Å². The van der Waals surface area contributed by atoms with Crippen LogP contribution in [0.2, 0.25) is 0 Å². The number of rotatable bonds is 1. The van der Waals surface area contributed by atoms with Gasteiger partial charge in [-0.15, -0.1) is 0 Å². The number of aryl methyl sites for hydroxylation is 1. The SMILES string of the molecule is CN1CC(N)CC(c2cc3ccn(C)c3cn2)C1. The van der Waals surface area contributed by atoms with E-state index in [1.54, 1.807) is 0 Å². The Balaban J connectivity index is 1.93. The molecule has 4 nitrogen and oxygen atoms in total. The number of piperidine rings is 1. The first-order valence-corrected chi connectivity index (χ1v) is 6.48. The van der Waals surface area contributed by atoms with Crippen LogP contribution in [0.3, 0.4) is 0 Å². The molecule has 0 bridgehead atoms. The summed E-state index contributed by atoms with van der Waals surface area (Å²) < 4.78 is 2.10. The molecule has 1 fully saturated rings. The molecule has 0 saturated carbocycles. The van der Waals surface area contributed by atoms with Crippen molar-refractivity contribution in [2.75, 3.05) is 20.1 Å². The lowest BCUT2D eigenvalue weighted by Gasteiger charge is -2.33. The van der Waals surface area contributed by atoms with Crippen molar-refractivity contribution in [3.8, 4) is 0 Å². The summed E-state index contributed by atoms with van der Waals surface area (Å²) in [6.07, 6.45) is 5.09. The normalized spacial score (nSPS) is 25.7. The molecular weight excluding hydrogens is 224 g/mol. The van der Waals surface area contributed by atoms with Gasteiger partial charge in [-0.05, 0) is 25.6 Å². The predicted octanol–water partition coefficient (Wildman–Crippen LogP) is 1.32. The van der Waals surface area contributed by atoms with Crippen molar-refractivity contribution < 1.29 is 0 Å². The minimum atomic E-state index is 0.266. The van der Waals surface area contributed by atoms with E-state index in [9.17, 15) is 0 Å². The van der Waals surface area contributed by atoms with Crippen LogP contribution < -0.4 is 5.73 Å². The van der Waals surface area contributed by atoms with E-state index in [0.29, 0.717) is 5.92 Å². The third-order valence-corrected chi connectivity index (χ3v) is 3.88. The topological polar surface area (TPSA) is 47.1 Å². The number of aromatic nitrogens is 2. The molecule has 0 spiro atoms. The van der Waals surface area contributed by atoms with Crippen LogP contribution >= 0.6 is 0 Å². The van der Waals surface area contributed by atoms with E-state index in [1.165, 1.54) is 16.6 Å². The van der Waals surface area contributed by atoms with Gasteiger partial charge < -0.3 is 15.2 Å². The van der Waals surface area contributed by atoms with Crippen molar-refractivity contribution in [3.05, 3.63) is 30.2 Å². The van der Waals surface area contributed by atoms with Crippen molar-refractivity contribution in [1.29, 1.82) is 0 Å². The summed E-state index contributed by atoms with van der Waals surface area (Å²) in [5, 5.41) is 1.27. The molecule has 4 heteroatoms. The van der Waals surface area contributed by atoms with Crippen molar-refractivity contribution in [3.63, 3.8) is 0 Å². The zero-order valence-electron chi connectivity index (χ0n) is 11.0. The average Bonchev–Trinajstić information content (AvgIpc) is 2.69. The summed E-state index contributed by atoms with van der Waals surface area (Å²) in [6, 6.07) is 4.63. The third-order valence-electron chi connectivity index (χ3n) is 3.88. The van der Waals surface area contributed by atoms with Crippen LogP contribution in [0, 0.1) is 0 Å². The summed E-state index contributed by atoms with van der Waals surface area (Å²) in [6.45, 7) is 2.04. The van der Waals surface area contributed by atoms with Gasteiger partial charge in [-0.2, -0.15) is 0 Å². The average molecular weight is 244 g/mol. The first kappa shape index (κ1) is 11.7. The molecular formula is C14H20N4. The van der Waals surface area contributed by atoms with E-state index in [1.807, 2.05) is 13.2 Å². The lowest BCUT2D eigenvalue weighted by atomic mass is 9.91. The zero-order chi connectivity index (χ0) is 12.7. The smallest absolute Gasteiger partial charge is 0.0664 e. The van der Waals surface area contributed by atoms with Crippen LogP contribution in [0.5, 0.6) is 0 Å². The fourth-order valence-electron chi connectivity index (χ4n) is 2.98. The van der Waals surface area contributed by atoms with Crippen LogP contribution in [0.4, 0.5) is 0 Å². The quantitative estimate of drug-likeness (QED) is 0.823. The molecule has 0 radical (unpaired) electrons. The van der Waals surface area contributed by atoms with E-state index in [0.717, 1.165) is 19.5 Å². The van der Waals surface area contributed by atoms with Crippen molar-refractivity contribution in [1.82, 2.24) is 14.5 Å². The minimum absolute atomic E-state index is 0.266. The molecule has 2 aromatic rings. The highest BCUT2D eigenvalue weighted by atomic mass is 15.1.